The summed E-state index contributed by atoms with van der Waals surface area (Å²) in [6, 6.07) is 5.20. The number of benzene rings is 1. The van der Waals surface area contributed by atoms with Gasteiger partial charge in [-0.3, -0.25) is 0 Å². The molecule has 21 heavy (non-hydrogen) atoms. The summed E-state index contributed by atoms with van der Waals surface area (Å²) in [5.74, 6) is 0.698. The van der Waals surface area contributed by atoms with Crippen molar-refractivity contribution in [3.8, 4) is 0 Å². The first kappa shape index (κ1) is 15.1. The average molecular weight is 287 g/mol. The fraction of sp³-hybridized carbons (Fsp3) is 0.684. The van der Waals surface area contributed by atoms with Gasteiger partial charge in [0.2, 0.25) is 0 Å². The number of likely N-dealkylation sites (N-methyl/N-ethyl adjacent to an activating group) is 1. The fourth-order valence-electron chi connectivity index (χ4n) is 4.49. The van der Waals surface area contributed by atoms with Crippen molar-refractivity contribution < 1.29 is 4.74 Å². The molecule has 1 aromatic rings. The van der Waals surface area contributed by atoms with Gasteiger partial charge < -0.3 is 10.1 Å². The van der Waals surface area contributed by atoms with Gasteiger partial charge in [-0.1, -0.05) is 24.6 Å². The molecule has 4 unspecified atom stereocenters. The highest BCUT2D eigenvalue weighted by molar-refractivity contribution is 5.38. The molecular formula is C19H29NO. The Balaban J connectivity index is 1.79. The van der Waals surface area contributed by atoms with Gasteiger partial charge in [-0.2, -0.15) is 0 Å². The van der Waals surface area contributed by atoms with Crippen LogP contribution in [0.5, 0.6) is 0 Å². The first-order valence-corrected chi connectivity index (χ1v) is 8.54. The van der Waals surface area contributed by atoms with Crippen LogP contribution in [0.4, 0.5) is 0 Å². The zero-order valence-corrected chi connectivity index (χ0v) is 13.9. The maximum absolute atomic E-state index is 6.09. The minimum Gasteiger partial charge on any atom is -0.375 e. The lowest BCUT2D eigenvalue weighted by Crippen LogP contribution is -2.42. The molecule has 2 aliphatic rings. The fourth-order valence-corrected chi connectivity index (χ4v) is 4.49. The summed E-state index contributed by atoms with van der Waals surface area (Å²) in [6.07, 6.45) is 5.99. The molecule has 0 spiro atoms. The molecule has 3 rings (SSSR count). The van der Waals surface area contributed by atoms with Crippen molar-refractivity contribution in [2.45, 2.75) is 71.6 Å². The SMILES string of the molecule is CCNC(Cc1c(C)cc(C)cc1C)C1CC2CCC1O2. The molecule has 0 aromatic heterocycles. The van der Waals surface area contributed by atoms with E-state index in [9.17, 15) is 0 Å². The smallest absolute Gasteiger partial charge is 0.0623 e. The molecule has 2 fully saturated rings. The number of rotatable bonds is 5. The standard InChI is InChI=1S/C19H29NO/c1-5-20-18(17-10-15-6-7-19(17)21-15)11-16-13(3)8-12(2)9-14(16)4/h8-9,15,17-20H,5-7,10-11H2,1-4H3. The summed E-state index contributed by atoms with van der Waals surface area (Å²) < 4.78 is 6.09. The van der Waals surface area contributed by atoms with Crippen molar-refractivity contribution in [3.63, 3.8) is 0 Å². The molecule has 0 radical (unpaired) electrons. The molecule has 116 valence electrons. The molecule has 2 heteroatoms. The maximum atomic E-state index is 6.09. The van der Waals surface area contributed by atoms with Crippen molar-refractivity contribution in [2.75, 3.05) is 6.54 Å². The topological polar surface area (TPSA) is 21.3 Å². The quantitative estimate of drug-likeness (QED) is 0.891. The number of hydrogen-bond donors (Lipinski definition) is 1. The van der Waals surface area contributed by atoms with E-state index < -0.39 is 0 Å². The second kappa shape index (κ2) is 6.10. The van der Waals surface area contributed by atoms with Crippen LogP contribution in [0.25, 0.3) is 0 Å². The average Bonchev–Trinajstić information content (AvgIpc) is 3.04. The normalized spacial score (nSPS) is 29.0. The lowest BCUT2D eigenvalue weighted by atomic mass is 9.80. The van der Waals surface area contributed by atoms with Gasteiger partial charge in [0.15, 0.2) is 0 Å². The van der Waals surface area contributed by atoms with Crippen LogP contribution in [0, 0.1) is 26.7 Å². The molecule has 2 bridgehead atoms. The highest BCUT2D eigenvalue weighted by Crippen LogP contribution is 2.41. The van der Waals surface area contributed by atoms with Gasteiger partial charge in [-0.25, -0.2) is 0 Å². The van der Waals surface area contributed by atoms with E-state index in [1.165, 1.54) is 41.5 Å². The first-order chi connectivity index (χ1) is 10.1. The molecule has 1 N–H and O–H groups in total. The van der Waals surface area contributed by atoms with Gasteiger partial charge in [-0.15, -0.1) is 0 Å². The molecule has 2 heterocycles. The minimum atomic E-state index is 0.505. The summed E-state index contributed by atoms with van der Waals surface area (Å²) in [5.41, 5.74) is 5.80. The molecule has 2 aliphatic heterocycles. The Hall–Kier alpha value is -0.860. The Morgan fingerprint density at radius 3 is 2.43 bits per heavy atom. The van der Waals surface area contributed by atoms with E-state index in [0.717, 1.165) is 13.0 Å². The van der Waals surface area contributed by atoms with Crippen LogP contribution in [-0.2, 0) is 11.2 Å². The molecule has 2 nitrogen and oxygen atoms in total. The summed E-state index contributed by atoms with van der Waals surface area (Å²) in [6.45, 7) is 9.97. The van der Waals surface area contributed by atoms with E-state index in [0.29, 0.717) is 24.2 Å². The van der Waals surface area contributed by atoms with E-state index in [1.807, 2.05) is 0 Å². The highest BCUT2D eigenvalue weighted by atomic mass is 16.5. The molecule has 1 aromatic carbocycles. The summed E-state index contributed by atoms with van der Waals surface area (Å²) in [4.78, 5) is 0. The predicted octanol–water partition coefficient (Wildman–Crippen LogP) is 3.70. The van der Waals surface area contributed by atoms with Gasteiger partial charge in [0.25, 0.3) is 0 Å². The van der Waals surface area contributed by atoms with Gasteiger partial charge in [-0.05, 0) is 69.7 Å². The number of hydrogen-bond acceptors (Lipinski definition) is 2. The lowest BCUT2D eigenvalue weighted by Gasteiger charge is -2.30. The Labute approximate surface area is 129 Å². The summed E-state index contributed by atoms with van der Waals surface area (Å²) in [5, 5.41) is 3.75. The third-order valence-corrected chi connectivity index (χ3v) is 5.40. The number of ether oxygens (including phenoxy) is 1. The van der Waals surface area contributed by atoms with Crippen LogP contribution in [-0.4, -0.2) is 24.8 Å². The van der Waals surface area contributed by atoms with Gasteiger partial charge in [0, 0.05) is 12.0 Å². The largest absolute Gasteiger partial charge is 0.375 e. The second-order valence-electron chi connectivity index (χ2n) is 7.02. The van der Waals surface area contributed by atoms with E-state index >= 15 is 0 Å². The predicted molar refractivity (Wildman–Crippen MR) is 87.8 cm³/mol. The molecular weight excluding hydrogens is 258 g/mol. The van der Waals surface area contributed by atoms with Gasteiger partial charge >= 0.3 is 0 Å². The Morgan fingerprint density at radius 1 is 1.19 bits per heavy atom. The number of nitrogens with one attached hydrogen (secondary N) is 1. The van der Waals surface area contributed by atoms with Crippen molar-refractivity contribution in [1.29, 1.82) is 0 Å². The first-order valence-electron chi connectivity index (χ1n) is 8.54. The zero-order valence-electron chi connectivity index (χ0n) is 13.9. The van der Waals surface area contributed by atoms with Crippen LogP contribution in [0.3, 0.4) is 0 Å². The summed E-state index contributed by atoms with van der Waals surface area (Å²) in [7, 11) is 0. The monoisotopic (exact) mass is 287 g/mol. The number of fused-ring (bicyclic) bond motifs is 2. The van der Waals surface area contributed by atoms with Gasteiger partial charge in [0.1, 0.15) is 0 Å². The molecule has 4 atom stereocenters. The Kier molecular flexibility index (Phi) is 4.37. The van der Waals surface area contributed by atoms with E-state index in [2.05, 4.69) is 45.1 Å². The molecule has 0 amide bonds. The van der Waals surface area contributed by atoms with Gasteiger partial charge in [0.05, 0.1) is 12.2 Å². The molecule has 2 saturated heterocycles. The van der Waals surface area contributed by atoms with Crippen LogP contribution >= 0.6 is 0 Å². The van der Waals surface area contributed by atoms with Crippen LogP contribution < -0.4 is 5.32 Å². The van der Waals surface area contributed by atoms with Crippen molar-refractivity contribution in [3.05, 3.63) is 34.4 Å². The van der Waals surface area contributed by atoms with Crippen molar-refractivity contribution >= 4 is 0 Å². The molecule has 0 saturated carbocycles. The third-order valence-electron chi connectivity index (χ3n) is 5.40. The zero-order chi connectivity index (χ0) is 15.0. The van der Waals surface area contributed by atoms with Crippen LogP contribution in [0.2, 0.25) is 0 Å². The van der Waals surface area contributed by atoms with Crippen LogP contribution in [0.15, 0.2) is 12.1 Å². The molecule has 0 aliphatic carbocycles. The van der Waals surface area contributed by atoms with E-state index in [-0.39, 0.29) is 0 Å². The third kappa shape index (κ3) is 3.02. The van der Waals surface area contributed by atoms with E-state index in [1.54, 1.807) is 0 Å². The highest BCUT2D eigenvalue weighted by Gasteiger charge is 2.44. The second-order valence-corrected chi connectivity index (χ2v) is 7.02. The van der Waals surface area contributed by atoms with E-state index in [4.69, 9.17) is 4.74 Å². The minimum absolute atomic E-state index is 0.505. The van der Waals surface area contributed by atoms with Crippen LogP contribution in [0.1, 0.15) is 48.4 Å². The summed E-state index contributed by atoms with van der Waals surface area (Å²) >= 11 is 0. The Morgan fingerprint density at radius 2 is 1.90 bits per heavy atom. The number of aryl methyl sites for hydroxylation is 3. The van der Waals surface area contributed by atoms with Crippen molar-refractivity contribution in [1.82, 2.24) is 5.32 Å². The van der Waals surface area contributed by atoms with Crippen molar-refractivity contribution in [2.24, 2.45) is 5.92 Å². The lowest BCUT2D eigenvalue weighted by molar-refractivity contribution is 0.0858. The maximum Gasteiger partial charge on any atom is 0.0623 e. The Bertz CT molecular complexity index is 487.